The third-order valence-electron chi connectivity index (χ3n) is 3.66. The Morgan fingerprint density at radius 3 is 2.39 bits per heavy atom. The fourth-order valence-electron chi connectivity index (χ4n) is 2.41. The Labute approximate surface area is 165 Å². The van der Waals surface area contributed by atoms with E-state index in [1.807, 2.05) is 6.07 Å². The Morgan fingerprint density at radius 2 is 1.71 bits per heavy atom. The van der Waals surface area contributed by atoms with E-state index in [0.29, 0.717) is 22.8 Å². The van der Waals surface area contributed by atoms with E-state index in [2.05, 4.69) is 20.9 Å². The van der Waals surface area contributed by atoms with Gasteiger partial charge >= 0.3 is 0 Å². The zero-order chi connectivity index (χ0) is 20.1. The summed E-state index contributed by atoms with van der Waals surface area (Å²) in [6, 6.07) is 14.3. The molecule has 3 rings (SSSR count). The Morgan fingerprint density at radius 1 is 0.964 bits per heavy atom. The highest BCUT2D eigenvalue weighted by atomic mass is 35.5. The zero-order valence-corrected chi connectivity index (χ0v) is 15.5. The summed E-state index contributed by atoms with van der Waals surface area (Å²) >= 11 is 5.71. The summed E-state index contributed by atoms with van der Waals surface area (Å²) in [7, 11) is 0. The third-order valence-corrected chi connectivity index (χ3v) is 3.95. The van der Waals surface area contributed by atoms with Gasteiger partial charge in [-0.15, -0.1) is 0 Å². The van der Waals surface area contributed by atoms with Gasteiger partial charge < -0.3 is 16.0 Å². The molecular weight excluding hydrogens is 383 g/mol. The molecule has 1 heterocycles. The zero-order valence-electron chi connectivity index (χ0n) is 14.8. The predicted octanol–water partition coefficient (Wildman–Crippen LogP) is 4.83. The number of carbonyl (C=O) groups excluding carboxylic acids is 2. The molecule has 142 valence electrons. The molecule has 2 aromatic carbocycles. The maximum atomic E-state index is 13.2. The van der Waals surface area contributed by atoms with Gasteiger partial charge in [-0.05, 0) is 48.5 Å². The van der Waals surface area contributed by atoms with Gasteiger partial charge in [-0.1, -0.05) is 17.7 Å². The molecule has 0 atom stereocenters. The fraction of sp³-hybridized carbons (Fsp3) is 0.0500. The molecule has 0 bridgehead atoms. The minimum Gasteiger partial charge on any atom is -0.340 e. The predicted molar refractivity (Wildman–Crippen MR) is 108 cm³/mol. The van der Waals surface area contributed by atoms with E-state index >= 15 is 0 Å². The molecule has 0 aliphatic carbocycles. The number of nitrogens with one attached hydrogen (secondary N) is 3. The number of nitrogens with zero attached hydrogens (tertiary/aromatic N) is 1. The minimum atomic E-state index is -0.556. The second-order valence-electron chi connectivity index (χ2n) is 5.90. The van der Waals surface area contributed by atoms with Crippen LogP contribution in [0.3, 0.4) is 0 Å². The van der Waals surface area contributed by atoms with Crippen LogP contribution in [0.4, 0.5) is 27.3 Å². The van der Waals surface area contributed by atoms with Crippen LogP contribution in [0.15, 0.2) is 60.8 Å². The summed E-state index contributed by atoms with van der Waals surface area (Å²) in [5, 5.41) is 8.35. The minimum absolute atomic E-state index is 0.0723. The molecule has 0 unspecified atom stereocenters. The first-order valence-electron chi connectivity index (χ1n) is 8.28. The Kier molecular flexibility index (Phi) is 5.86. The van der Waals surface area contributed by atoms with Crippen molar-refractivity contribution in [3.8, 4) is 0 Å². The van der Waals surface area contributed by atoms with Gasteiger partial charge in [0.15, 0.2) is 0 Å². The van der Waals surface area contributed by atoms with Gasteiger partial charge in [0, 0.05) is 30.2 Å². The lowest BCUT2D eigenvalue weighted by molar-refractivity contribution is -0.114. The molecule has 0 spiro atoms. The molecule has 3 aromatic rings. The standard InChI is InChI=1S/C20H16ClFN4O2/c1-12(27)24-14-3-2-4-15(9-14)25-19-8-5-13(11-23-19)20(28)26-16-6-7-18(22)17(21)10-16/h2-11H,1H3,(H,23,25)(H,24,27)(H,26,28). The molecule has 0 saturated carbocycles. The fourth-order valence-corrected chi connectivity index (χ4v) is 2.59. The van der Waals surface area contributed by atoms with Gasteiger partial charge in [0.2, 0.25) is 5.91 Å². The number of hydrogen-bond donors (Lipinski definition) is 3. The number of aromatic nitrogens is 1. The molecule has 0 radical (unpaired) electrons. The molecule has 0 fully saturated rings. The first kappa shape index (κ1) is 19.3. The highest BCUT2D eigenvalue weighted by Gasteiger charge is 2.09. The summed E-state index contributed by atoms with van der Waals surface area (Å²) in [5.41, 5.74) is 2.11. The Balaban J connectivity index is 1.66. The van der Waals surface area contributed by atoms with E-state index in [1.54, 1.807) is 30.3 Å². The van der Waals surface area contributed by atoms with Crippen LogP contribution in [-0.2, 0) is 4.79 Å². The molecule has 6 nitrogen and oxygen atoms in total. The van der Waals surface area contributed by atoms with Crippen molar-refractivity contribution in [3.63, 3.8) is 0 Å². The van der Waals surface area contributed by atoms with Gasteiger partial charge in [-0.2, -0.15) is 0 Å². The summed E-state index contributed by atoms with van der Waals surface area (Å²) in [5.74, 6) is -0.580. The van der Waals surface area contributed by atoms with E-state index in [-0.39, 0.29) is 10.9 Å². The number of amides is 2. The number of pyridine rings is 1. The van der Waals surface area contributed by atoms with Crippen LogP contribution in [0.1, 0.15) is 17.3 Å². The van der Waals surface area contributed by atoms with Crippen molar-refractivity contribution < 1.29 is 14.0 Å². The van der Waals surface area contributed by atoms with Crippen molar-refractivity contribution in [1.29, 1.82) is 0 Å². The van der Waals surface area contributed by atoms with Crippen LogP contribution in [0.25, 0.3) is 0 Å². The van der Waals surface area contributed by atoms with E-state index in [0.717, 1.165) is 5.69 Å². The van der Waals surface area contributed by atoms with Crippen LogP contribution in [-0.4, -0.2) is 16.8 Å². The molecule has 0 aliphatic heterocycles. The number of carbonyl (C=O) groups is 2. The summed E-state index contributed by atoms with van der Waals surface area (Å²) < 4.78 is 13.2. The second-order valence-corrected chi connectivity index (χ2v) is 6.31. The van der Waals surface area contributed by atoms with Crippen molar-refractivity contribution in [2.75, 3.05) is 16.0 Å². The molecular formula is C20H16ClFN4O2. The van der Waals surface area contributed by atoms with E-state index < -0.39 is 11.7 Å². The normalized spacial score (nSPS) is 10.2. The van der Waals surface area contributed by atoms with Gasteiger partial charge in [0.05, 0.1) is 10.6 Å². The number of benzene rings is 2. The summed E-state index contributed by atoms with van der Waals surface area (Å²) in [6.45, 7) is 1.44. The molecule has 0 aliphatic rings. The van der Waals surface area contributed by atoms with Gasteiger partial charge in [0.25, 0.3) is 5.91 Å². The van der Waals surface area contributed by atoms with Crippen LogP contribution in [0, 0.1) is 5.82 Å². The number of rotatable bonds is 5. The number of anilines is 4. The van der Waals surface area contributed by atoms with Crippen molar-refractivity contribution in [2.24, 2.45) is 0 Å². The van der Waals surface area contributed by atoms with Crippen LogP contribution in [0.5, 0.6) is 0 Å². The molecule has 2 amide bonds. The number of halogens is 2. The van der Waals surface area contributed by atoms with Gasteiger partial charge in [-0.25, -0.2) is 9.37 Å². The van der Waals surface area contributed by atoms with Crippen molar-refractivity contribution in [3.05, 3.63) is 77.2 Å². The topological polar surface area (TPSA) is 83.1 Å². The molecule has 1 aromatic heterocycles. The first-order chi connectivity index (χ1) is 13.4. The van der Waals surface area contributed by atoms with Crippen LogP contribution in [0.2, 0.25) is 5.02 Å². The van der Waals surface area contributed by atoms with E-state index in [4.69, 9.17) is 11.6 Å². The monoisotopic (exact) mass is 398 g/mol. The lowest BCUT2D eigenvalue weighted by Crippen LogP contribution is -2.12. The largest absolute Gasteiger partial charge is 0.340 e. The molecule has 3 N–H and O–H groups in total. The third kappa shape index (κ3) is 5.05. The molecule has 0 saturated heterocycles. The maximum Gasteiger partial charge on any atom is 0.257 e. The Hall–Kier alpha value is -3.45. The van der Waals surface area contributed by atoms with Gasteiger partial charge in [-0.3, -0.25) is 9.59 Å². The van der Waals surface area contributed by atoms with E-state index in [9.17, 15) is 14.0 Å². The summed E-state index contributed by atoms with van der Waals surface area (Å²) in [6.07, 6.45) is 1.42. The van der Waals surface area contributed by atoms with Crippen molar-refractivity contribution in [2.45, 2.75) is 6.92 Å². The maximum absolute atomic E-state index is 13.2. The second kappa shape index (κ2) is 8.49. The lowest BCUT2D eigenvalue weighted by Gasteiger charge is -2.09. The first-order valence-corrected chi connectivity index (χ1v) is 8.65. The van der Waals surface area contributed by atoms with Crippen molar-refractivity contribution >= 4 is 46.3 Å². The molecule has 8 heteroatoms. The van der Waals surface area contributed by atoms with Crippen LogP contribution >= 0.6 is 11.6 Å². The Bertz CT molecular complexity index is 1020. The van der Waals surface area contributed by atoms with Gasteiger partial charge in [0.1, 0.15) is 11.6 Å². The van der Waals surface area contributed by atoms with Crippen molar-refractivity contribution in [1.82, 2.24) is 4.98 Å². The average Bonchev–Trinajstić information content (AvgIpc) is 2.65. The smallest absolute Gasteiger partial charge is 0.257 e. The highest BCUT2D eigenvalue weighted by Crippen LogP contribution is 2.21. The number of hydrogen-bond acceptors (Lipinski definition) is 4. The average molecular weight is 399 g/mol. The highest BCUT2D eigenvalue weighted by molar-refractivity contribution is 6.31. The lowest BCUT2D eigenvalue weighted by atomic mass is 10.2. The van der Waals surface area contributed by atoms with E-state index in [1.165, 1.54) is 31.3 Å². The molecule has 28 heavy (non-hydrogen) atoms. The summed E-state index contributed by atoms with van der Waals surface area (Å²) in [4.78, 5) is 27.6. The van der Waals surface area contributed by atoms with Crippen LogP contribution < -0.4 is 16.0 Å². The SMILES string of the molecule is CC(=O)Nc1cccc(Nc2ccc(C(=O)Nc3ccc(F)c(Cl)c3)cn2)c1. The quantitative estimate of drug-likeness (QED) is 0.575.